The Morgan fingerprint density at radius 3 is 2.68 bits per heavy atom. The van der Waals surface area contributed by atoms with Crippen molar-refractivity contribution in [2.75, 3.05) is 20.1 Å². The molecule has 1 atom stereocenters. The van der Waals surface area contributed by atoms with Crippen LogP contribution >= 0.6 is 12.4 Å². The zero-order chi connectivity index (χ0) is 19.4. The number of ether oxygens (including phenoxy) is 1. The number of fused-ring (bicyclic) bond motifs is 1. The first-order chi connectivity index (χ1) is 12.9. The highest BCUT2D eigenvalue weighted by Gasteiger charge is 2.41. The summed E-state index contributed by atoms with van der Waals surface area (Å²) >= 11 is 0. The van der Waals surface area contributed by atoms with Crippen molar-refractivity contribution in [2.24, 2.45) is 0 Å². The molecule has 2 aromatic carbocycles. The van der Waals surface area contributed by atoms with Crippen molar-refractivity contribution in [1.29, 1.82) is 5.26 Å². The Labute approximate surface area is 169 Å². The van der Waals surface area contributed by atoms with Gasteiger partial charge in [0, 0.05) is 0 Å². The number of carboxylic acid groups (broad SMARTS) is 1. The average molecular weight is 405 g/mol. The van der Waals surface area contributed by atoms with Crippen LogP contribution in [0, 0.1) is 17.1 Å². The zero-order valence-corrected chi connectivity index (χ0v) is 16.3. The highest BCUT2D eigenvalue weighted by molar-refractivity contribution is 5.85. The summed E-state index contributed by atoms with van der Waals surface area (Å²) in [4.78, 5) is 12.6. The number of aliphatic carboxylic acids is 1. The SMILES string of the molecule is CN(CCCC1(c2ccc(F)cc2)OCc2cc(C#N)ccc21)CC(=O)O.Cl. The summed E-state index contributed by atoms with van der Waals surface area (Å²) in [5.41, 5.74) is 2.65. The van der Waals surface area contributed by atoms with Crippen LogP contribution in [0.25, 0.3) is 0 Å². The smallest absolute Gasteiger partial charge is 0.317 e. The molecule has 148 valence electrons. The predicted octanol–water partition coefficient (Wildman–Crippen LogP) is 3.69. The van der Waals surface area contributed by atoms with Gasteiger partial charge in [-0.3, -0.25) is 9.69 Å². The summed E-state index contributed by atoms with van der Waals surface area (Å²) in [6.45, 7) is 0.962. The van der Waals surface area contributed by atoms with Gasteiger partial charge in [0.2, 0.25) is 0 Å². The number of rotatable bonds is 7. The lowest BCUT2D eigenvalue weighted by molar-refractivity contribution is -0.138. The molecule has 1 unspecified atom stereocenters. The van der Waals surface area contributed by atoms with Gasteiger partial charge >= 0.3 is 5.97 Å². The standard InChI is InChI=1S/C21H21FN2O3.ClH/c1-24(13-20(25)26)10-2-9-21(17-4-6-18(22)7-5-17)19-8-3-15(12-23)11-16(19)14-27-21;/h3-8,11H,2,9-10,13-14H2,1H3,(H,25,26);1H. The molecule has 0 saturated heterocycles. The number of benzene rings is 2. The fourth-order valence-electron chi connectivity index (χ4n) is 3.67. The van der Waals surface area contributed by atoms with Gasteiger partial charge < -0.3 is 9.84 Å². The van der Waals surface area contributed by atoms with Crippen LogP contribution in [-0.2, 0) is 21.7 Å². The molecule has 3 rings (SSSR count). The van der Waals surface area contributed by atoms with Crippen LogP contribution in [0.4, 0.5) is 4.39 Å². The molecule has 0 amide bonds. The van der Waals surface area contributed by atoms with Gasteiger partial charge in [-0.05, 0) is 67.4 Å². The molecular weight excluding hydrogens is 383 g/mol. The molecular formula is C21H22ClFN2O3. The summed E-state index contributed by atoms with van der Waals surface area (Å²) in [6.07, 6.45) is 1.34. The van der Waals surface area contributed by atoms with Crippen LogP contribution in [0.3, 0.4) is 0 Å². The monoisotopic (exact) mass is 404 g/mol. The Hall–Kier alpha value is -2.46. The van der Waals surface area contributed by atoms with E-state index in [0.29, 0.717) is 31.6 Å². The molecule has 0 aliphatic carbocycles. The number of nitrogens with zero attached hydrogens (tertiary/aromatic N) is 2. The second-order valence-corrected chi connectivity index (χ2v) is 6.84. The first-order valence-electron chi connectivity index (χ1n) is 8.78. The fourth-order valence-corrected chi connectivity index (χ4v) is 3.67. The van der Waals surface area contributed by atoms with Crippen LogP contribution in [0.1, 0.15) is 35.1 Å². The van der Waals surface area contributed by atoms with E-state index in [-0.39, 0.29) is 24.8 Å². The number of halogens is 2. The number of carboxylic acids is 1. The van der Waals surface area contributed by atoms with Gasteiger partial charge in [-0.2, -0.15) is 5.26 Å². The summed E-state index contributed by atoms with van der Waals surface area (Å²) in [6, 6.07) is 13.9. The van der Waals surface area contributed by atoms with Gasteiger partial charge in [-0.15, -0.1) is 12.4 Å². The Morgan fingerprint density at radius 1 is 1.32 bits per heavy atom. The Morgan fingerprint density at radius 2 is 2.04 bits per heavy atom. The molecule has 1 aliphatic heterocycles. The lowest BCUT2D eigenvalue weighted by atomic mass is 9.81. The largest absolute Gasteiger partial charge is 0.480 e. The highest BCUT2D eigenvalue weighted by atomic mass is 35.5. The molecule has 0 bridgehead atoms. The number of nitriles is 1. The fraction of sp³-hybridized carbons (Fsp3) is 0.333. The van der Waals surface area contributed by atoms with Gasteiger partial charge in [0.25, 0.3) is 0 Å². The molecule has 2 aromatic rings. The molecule has 0 radical (unpaired) electrons. The minimum Gasteiger partial charge on any atom is -0.480 e. The van der Waals surface area contributed by atoms with Gasteiger partial charge in [0.15, 0.2) is 0 Å². The van der Waals surface area contributed by atoms with Crippen molar-refractivity contribution in [3.05, 3.63) is 70.5 Å². The molecule has 0 saturated carbocycles. The van der Waals surface area contributed by atoms with Crippen LogP contribution < -0.4 is 0 Å². The quantitative estimate of drug-likeness (QED) is 0.761. The van der Waals surface area contributed by atoms with E-state index < -0.39 is 11.6 Å². The zero-order valence-electron chi connectivity index (χ0n) is 15.5. The highest BCUT2D eigenvalue weighted by Crippen LogP contribution is 2.45. The lowest BCUT2D eigenvalue weighted by Gasteiger charge is -2.31. The van der Waals surface area contributed by atoms with Gasteiger partial charge in [0.05, 0.1) is 24.8 Å². The topological polar surface area (TPSA) is 73.6 Å². The summed E-state index contributed by atoms with van der Waals surface area (Å²) in [5.74, 6) is -1.18. The van der Waals surface area contributed by atoms with E-state index in [2.05, 4.69) is 6.07 Å². The maximum Gasteiger partial charge on any atom is 0.317 e. The van der Waals surface area contributed by atoms with Crippen molar-refractivity contribution in [2.45, 2.75) is 25.0 Å². The minimum atomic E-state index is -0.864. The third kappa shape index (κ3) is 4.50. The third-order valence-electron chi connectivity index (χ3n) is 4.93. The Bertz CT molecular complexity index is 882. The van der Waals surface area contributed by atoms with Crippen LogP contribution in [0.15, 0.2) is 42.5 Å². The molecule has 0 aromatic heterocycles. The van der Waals surface area contributed by atoms with Gasteiger partial charge in [0.1, 0.15) is 11.4 Å². The average Bonchev–Trinajstić information content (AvgIpc) is 3.00. The third-order valence-corrected chi connectivity index (χ3v) is 4.93. The predicted molar refractivity (Wildman–Crippen MR) is 105 cm³/mol. The number of carbonyl (C=O) groups is 1. The van der Waals surface area contributed by atoms with E-state index >= 15 is 0 Å². The van der Waals surface area contributed by atoms with Crippen molar-refractivity contribution in [3.8, 4) is 6.07 Å². The molecule has 28 heavy (non-hydrogen) atoms. The summed E-state index contributed by atoms with van der Waals surface area (Å²) in [5, 5.41) is 18.0. The van der Waals surface area contributed by atoms with Crippen molar-refractivity contribution in [3.63, 3.8) is 0 Å². The van der Waals surface area contributed by atoms with Gasteiger partial charge in [-0.1, -0.05) is 18.2 Å². The molecule has 1 heterocycles. The summed E-state index contributed by atoms with van der Waals surface area (Å²) in [7, 11) is 1.77. The molecule has 5 nitrogen and oxygen atoms in total. The van der Waals surface area contributed by atoms with E-state index in [1.807, 2.05) is 12.1 Å². The van der Waals surface area contributed by atoms with Gasteiger partial charge in [-0.25, -0.2) is 4.39 Å². The summed E-state index contributed by atoms with van der Waals surface area (Å²) < 4.78 is 19.7. The van der Waals surface area contributed by atoms with Crippen LogP contribution in [-0.4, -0.2) is 36.1 Å². The Balaban J connectivity index is 0.00000280. The molecule has 7 heteroatoms. The van der Waals surface area contributed by atoms with E-state index in [1.54, 1.807) is 30.1 Å². The van der Waals surface area contributed by atoms with Crippen LogP contribution in [0.2, 0.25) is 0 Å². The van der Waals surface area contributed by atoms with E-state index in [1.165, 1.54) is 12.1 Å². The molecule has 0 spiro atoms. The lowest BCUT2D eigenvalue weighted by Crippen LogP contribution is -2.31. The number of hydrogen-bond acceptors (Lipinski definition) is 4. The van der Waals surface area contributed by atoms with Crippen LogP contribution in [0.5, 0.6) is 0 Å². The van der Waals surface area contributed by atoms with Crippen molar-refractivity contribution in [1.82, 2.24) is 4.90 Å². The normalized spacial score (nSPS) is 17.6. The second kappa shape index (κ2) is 9.16. The molecule has 0 fully saturated rings. The number of hydrogen-bond donors (Lipinski definition) is 1. The second-order valence-electron chi connectivity index (χ2n) is 6.84. The molecule has 1 N–H and O–H groups in total. The van der Waals surface area contributed by atoms with E-state index in [9.17, 15) is 9.18 Å². The maximum absolute atomic E-state index is 13.4. The maximum atomic E-state index is 13.4. The first-order valence-corrected chi connectivity index (χ1v) is 8.78. The minimum absolute atomic E-state index is 0. The number of likely N-dealkylation sites (N-methyl/N-ethyl adjacent to an activating group) is 1. The van der Waals surface area contributed by atoms with Crippen molar-refractivity contribution >= 4 is 18.4 Å². The van der Waals surface area contributed by atoms with Crippen molar-refractivity contribution < 1.29 is 19.0 Å². The molecule has 1 aliphatic rings. The van der Waals surface area contributed by atoms with E-state index in [0.717, 1.165) is 16.7 Å². The van der Waals surface area contributed by atoms with E-state index in [4.69, 9.17) is 15.1 Å². The Kier molecular flexibility index (Phi) is 7.14. The first kappa shape index (κ1) is 21.8.